The van der Waals surface area contributed by atoms with Gasteiger partial charge in [0.25, 0.3) is 0 Å². The third-order valence-corrected chi connectivity index (χ3v) is 3.53. The SMILES string of the molecule is Cc1ccc2c(c1)C(c1ccccc1Cl)=NCC(N)=N2. The van der Waals surface area contributed by atoms with E-state index in [1.807, 2.05) is 43.3 Å². The Bertz CT molecular complexity index is 732. The molecule has 2 N–H and O–H groups in total. The molecule has 0 amide bonds. The molecular weight excluding hydrogens is 270 g/mol. The molecule has 0 atom stereocenters. The number of hydrogen-bond acceptors (Lipinski definition) is 3. The van der Waals surface area contributed by atoms with Gasteiger partial charge in [-0.05, 0) is 25.1 Å². The molecule has 0 aliphatic carbocycles. The number of rotatable bonds is 1. The number of aryl methyl sites for hydroxylation is 1. The summed E-state index contributed by atoms with van der Waals surface area (Å²) in [5.41, 5.74) is 10.6. The van der Waals surface area contributed by atoms with Gasteiger partial charge in [-0.2, -0.15) is 0 Å². The van der Waals surface area contributed by atoms with Crippen LogP contribution in [0.25, 0.3) is 0 Å². The second-order valence-corrected chi connectivity index (χ2v) is 5.18. The first kappa shape index (κ1) is 12.9. The third kappa shape index (κ3) is 2.32. The molecule has 0 saturated carbocycles. The number of amidine groups is 1. The number of benzene rings is 2. The van der Waals surface area contributed by atoms with Crippen LogP contribution in [-0.4, -0.2) is 18.1 Å². The van der Waals surface area contributed by atoms with E-state index in [2.05, 4.69) is 16.1 Å². The topological polar surface area (TPSA) is 50.7 Å². The zero-order valence-corrected chi connectivity index (χ0v) is 11.9. The molecule has 3 rings (SSSR count). The number of halogens is 1. The lowest BCUT2D eigenvalue weighted by atomic mass is 9.99. The van der Waals surface area contributed by atoms with E-state index >= 15 is 0 Å². The Morgan fingerprint density at radius 1 is 1.10 bits per heavy atom. The number of nitrogens with zero attached hydrogens (tertiary/aromatic N) is 2. The minimum Gasteiger partial charge on any atom is -0.386 e. The summed E-state index contributed by atoms with van der Waals surface area (Å²) in [5, 5.41) is 0.680. The summed E-state index contributed by atoms with van der Waals surface area (Å²) >= 11 is 6.30. The Kier molecular flexibility index (Phi) is 3.28. The molecule has 4 heteroatoms. The van der Waals surface area contributed by atoms with Gasteiger partial charge in [-0.25, -0.2) is 4.99 Å². The maximum atomic E-state index is 6.30. The van der Waals surface area contributed by atoms with Crippen molar-refractivity contribution in [2.75, 3.05) is 6.54 Å². The van der Waals surface area contributed by atoms with Crippen molar-refractivity contribution in [1.82, 2.24) is 0 Å². The summed E-state index contributed by atoms with van der Waals surface area (Å²) in [4.78, 5) is 9.02. The van der Waals surface area contributed by atoms with Gasteiger partial charge in [-0.15, -0.1) is 0 Å². The first-order chi connectivity index (χ1) is 9.65. The van der Waals surface area contributed by atoms with E-state index < -0.39 is 0 Å². The molecule has 100 valence electrons. The van der Waals surface area contributed by atoms with Crippen LogP contribution >= 0.6 is 11.6 Å². The van der Waals surface area contributed by atoms with Crippen molar-refractivity contribution in [1.29, 1.82) is 0 Å². The summed E-state index contributed by atoms with van der Waals surface area (Å²) in [6.45, 7) is 2.43. The Hall–Kier alpha value is -2.13. The molecule has 1 aliphatic rings. The van der Waals surface area contributed by atoms with E-state index in [1.165, 1.54) is 0 Å². The Labute approximate surface area is 122 Å². The van der Waals surface area contributed by atoms with Crippen LogP contribution in [0, 0.1) is 6.92 Å². The van der Waals surface area contributed by atoms with Crippen LogP contribution in [0.15, 0.2) is 52.4 Å². The molecule has 0 saturated heterocycles. The van der Waals surface area contributed by atoms with Crippen molar-refractivity contribution in [3.05, 3.63) is 64.2 Å². The first-order valence-corrected chi connectivity index (χ1v) is 6.76. The van der Waals surface area contributed by atoms with E-state index in [0.29, 0.717) is 17.4 Å². The van der Waals surface area contributed by atoms with Crippen LogP contribution in [0.4, 0.5) is 5.69 Å². The summed E-state index contributed by atoms with van der Waals surface area (Å²) in [7, 11) is 0. The zero-order valence-electron chi connectivity index (χ0n) is 11.1. The minimum absolute atomic E-state index is 0.383. The van der Waals surface area contributed by atoms with Crippen LogP contribution in [-0.2, 0) is 0 Å². The lowest BCUT2D eigenvalue weighted by Crippen LogP contribution is -2.14. The highest BCUT2D eigenvalue weighted by atomic mass is 35.5. The number of aliphatic imine (C=N–C) groups is 2. The molecule has 0 radical (unpaired) electrons. The van der Waals surface area contributed by atoms with Gasteiger partial charge in [0.1, 0.15) is 5.84 Å². The molecule has 0 aromatic heterocycles. The Balaban J connectivity index is 2.24. The normalized spacial score (nSPS) is 14.1. The highest BCUT2D eigenvalue weighted by Crippen LogP contribution is 2.28. The van der Waals surface area contributed by atoms with Gasteiger partial charge in [0.05, 0.1) is 17.9 Å². The van der Waals surface area contributed by atoms with Gasteiger partial charge in [0.15, 0.2) is 0 Å². The van der Waals surface area contributed by atoms with E-state index in [4.69, 9.17) is 17.3 Å². The average Bonchev–Trinajstić information content (AvgIpc) is 2.58. The van der Waals surface area contributed by atoms with Crippen molar-refractivity contribution in [3.8, 4) is 0 Å². The summed E-state index contributed by atoms with van der Waals surface area (Å²) in [5.74, 6) is 0.511. The standard InChI is InChI=1S/C16H14ClN3/c1-10-6-7-14-12(8-10)16(19-9-15(18)20-14)11-4-2-3-5-13(11)17/h2-8H,9H2,1H3,(H2,18,20). The van der Waals surface area contributed by atoms with Crippen LogP contribution < -0.4 is 5.73 Å². The van der Waals surface area contributed by atoms with Crippen LogP contribution in [0.2, 0.25) is 5.02 Å². The van der Waals surface area contributed by atoms with E-state index in [0.717, 1.165) is 28.1 Å². The molecule has 0 bridgehead atoms. The molecule has 20 heavy (non-hydrogen) atoms. The number of fused-ring (bicyclic) bond motifs is 1. The summed E-state index contributed by atoms with van der Waals surface area (Å²) in [6, 6.07) is 13.7. The third-order valence-electron chi connectivity index (χ3n) is 3.20. The number of nitrogens with two attached hydrogens (primary N) is 1. The maximum absolute atomic E-state index is 6.30. The van der Waals surface area contributed by atoms with E-state index in [1.54, 1.807) is 0 Å². The van der Waals surface area contributed by atoms with Crippen molar-refractivity contribution >= 4 is 28.8 Å². The summed E-state index contributed by atoms with van der Waals surface area (Å²) < 4.78 is 0. The molecule has 0 spiro atoms. The van der Waals surface area contributed by atoms with Crippen molar-refractivity contribution < 1.29 is 0 Å². The van der Waals surface area contributed by atoms with Crippen molar-refractivity contribution in [3.63, 3.8) is 0 Å². The van der Waals surface area contributed by atoms with Crippen LogP contribution in [0.3, 0.4) is 0 Å². The van der Waals surface area contributed by atoms with Gasteiger partial charge < -0.3 is 5.73 Å². The van der Waals surface area contributed by atoms with E-state index in [9.17, 15) is 0 Å². The molecule has 3 nitrogen and oxygen atoms in total. The monoisotopic (exact) mass is 283 g/mol. The fourth-order valence-corrected chi connectivity index (χ4v) is 2.48. The largest absolute Gasteiger partial charge is 0.386 e. The fraction of sp³-hybridized carbons (Fsp3) is 0.125. The minimum atomic E-state index is 0.383. The van der Waals surface area contributed by atoms with Crippen molar-refractivity contribution in [2.45, 2.75) is 6.92 Å². The Morgan fingerprint density at radius 3 is 2.70 bits per heavy atom. The lowest BCUT2D eigenvalue weighted by Gasteiger charge is -2.10. The highest BCUT2D eigenvalue weighted by molar-refractivity contribution is 6.36. The smallest absolute Gasteiger partial charge is 0.121 e. The van der Waals surface area contributed by atoms with Crippen LogP contribution in [0.1, 0.15) is 16.7 Å². The molecule has 0 fully saturated rings. The average molecular weight is 284 g/mol. The van der Waals surface area contributed by atoms with Gasteiger partial charge in [-0.1, -0.05) is 41.4 Å². The lowest BCUT2D eigenvalue weighted by molar-refractivity contribution is 1.27. The second kappa shape index (κ2) is 5.10. The highest BCUT2D eigenvalue weighted by Gasteiger charge is 2.17. The van der Waals surface area contributed by atoms with Gasteiger partial charge in [0, 0.05) is 16.1 Å². The first-order valence-electron chi connectivity index (χ1n) is 6.38. The predicted molar refractivity (Wildman–Crippen MR) is 84.4 cm³/mol. The van der Waals surface area contributed by atoms with Gasteiger partial charge in [-0.3, -0.25) is 4.99 Å². The fourth-order valence-electron chi connectivity index (χ4n) is 2.26. The molecule has 1 heterocycles. The quantitative estimate of drug-likeness (QED) is 0.856. The zero-order chi connectivity index (χ0) is 14.1. The molecule has 0 unspecified atom stereocenters. The second-order valence-electron chi connectivity index (χ2n) is 4.77. The molecule has 2 aromatic rings. The Morgan fingerprint density at radius 2 is 1.90 bits per heavy atom. The van der Waals surface area contributed by atoms with Gasteiger partial charge >= 0.3 is 0 Å². The van der Waals surface area contributed by atoms with Gasteiger partial charge in [0.2, 0.25) is 0 Å². The van der Waals surface area contributed by atoms with E-state index in [-0.39, 0.29) is 0 Å². The molecule has 1 aliphatic heterocycles. The van der Waals surface area contributed by atoms with Crippen LogP contribution in [0.5, 0.6) is 0 Å². The molecular formula is C16H14ClN3. The van der Waals surface area contributed by atoms with Crippen molar-refractivity contribution in [2.24, 2.45) is 15.7 Å². The maximum Gasteiger partial charge on any atom is 0.121 e. The predicted octanol–water partition coefficient (Wildman–Crippen LogP) is 3.49. The summed E-state index contributed by atoms with van der Waals surface area (Å²) in [6.07, 6.45) is 0. The number of hydrogen-bond donors (Lipinski definition) is 1. The molecule has 2 aromatic carbocycles.